The van der Waals surface area contributed by atoms with E-state index >= 15 is 0 Å². The third kappa shape index (κ3) is 4.78. The SMILES string of the molecule is Cc1cc(Br)cc([N+](=O)[O-])c1OCCCCC(=O)NN. The van der Waals surface area contributed by atoms with Crippen LogP contribution in [0.4, 0.5) is 5.69 Å². The number of carbonyl (C=O) groups excluding carboxylic acids is 1. The first kappa shape index (κ1) is 16.4. The first-order valence-corrected chi connectivity index (χ1v) is 6.81. The molecule has 110 valence electrons. The number of nitrogens with zero attached hydrogens (tertiary/aromatic N) is 1. The Morgan fingerprint density at radius 2 is 2.20 bits per heavy atom. The molecule has 0 fully saturated rings. The predicted molar refractivity (Wildman–Crippen MR) is 77.2 cm³/mol. The Morgan fingerprint density at radius 1 is 1.50 bits per heavy atom. The van der Waals surface area contributed by atoms with E-state index in [1.807, 2.05) is 5.43 Å². The zero-order valence-corrected chi connectivity index (χ0v) is 12.6. The van der Waals surface area contributed by atoms with E-state index in [4.69, 9.17) is 10.6 Å². The fourth-order valence-electron chi connectivity index (χ4n) is 1.67. The maximum absolute atomic E-state index is 11.0. The summed E-state index contributed by atoms with van der Waals surface area (Å²) >= 11 is 3.22. The molecule has 0 bridgehead atoms. The van der Waals surface area contributed by atoms with Crippen LogP contribution in [0.3, 0.4) is 0 Å². The van der Waals surface area contributed by atoms with Crippen LogP contribution in [0.2, 0.25) is 0 Å². The van der Waals surface area contributed by atoms with E-state index in [1.165, 1.54) is 6.07 Å². The fraction of sp³-hybridized carbons (Fsp3) is 0.417. The number of nitrogens with two attached hydrogens (primary N) is 1. The number of amides is 1. The summed E-state index contributed by atoms with van der Waals surface area (Å²) in [5, 5.41) is 11.0. The van der Waals surface area contributed by atoms with Gasteiger partial charge in [-0.2, -0.15) is 0 Å². The quantitative estimate of drug-likeness (QED) is 0.259. The Labute approximate surface area is 124 Å². The van der Waals surface area contributed by atoms with Crippen molar-refractivity contribution in [3.8, 4) is 5.75 Å². The lowest BCUT2D eigenvalue weighted by molar-refractivity contribution is -0.386. The number of nitro groups is 1. The van der Waals surface area contributed by atoms with Crippen molar-refractivity contribution in [1.82, 2.24) is 5.43 Å². The molecule has 0 atom stereocenters. The highest BCUT2D eigenvalue weighted by Gasteiger charge is 2.18. The monoisotopic (exact) mass is 345 g/mol. The van der Waals surface area contributed by atoms with E-state index in [0.717, 1.165) is 0 Å². The summed E-state index contributed by atoms with van der Waals surface area (Å²) in [7, 11) is 0. The maximum atomic E-state index is 11.0. The van der Waals surface area contributed by atoms with Crippen LogP contribution >= 0.6 is 15.9 Å². The molecule has 1 amide bonds. The highest BCUT2D eigenvalue weighted by Crippen LogP contribution is 2.34. The summed E-state index contributed by atoms with van der Waals surface area (Å²) in [5.41, 5.74) is 2.65. The Morgan fingerprint density at radius 3 is 2.80 bits per heavy atom. The molecular weight excluding hydrogens is 330 g/mol. The fourth-order valence-corrected chi connectivity index (χ4v) is 2.23. The van der Waals surface area contributed by atoms with Gasteiger partial charge in [0.1, 0.15) is 0 Å². The van der Waals surface area contributed by atoms with Crippen molar-refractivity contribution in [1.29, 1.82) is 0 Å². The van der Waals surface area contributed by atoms with E-state index in [0.29, 0.717) is 35.9 Å². The van der Waals surface area contributed by atoms with Crippen LogP contribution in [0.1, 0.15) is 24.8 Å². The normalized spacial score (nSPS) is 10.2. The number of hydrogen-bond donors (Lipinski definition) is 2. The topological polar surface area (TPSA) is 107 Å². The molecule has 1 rings (SSSR count). The van der Waals surface area contributed by atoms with E-state index in [2.05, 4.69) is 15.9 Å². The number of rotatable bonds is 7. The summed E-state index contributed by atoms with van der Waals surface area (Å²) in [6.07, 6.45) is 1.52. The standard InChI is InChI=1S/C12H16BrN3O4/c1-8-6-9(13)7-10(16(18)19)12(8)20-5-3-2-4-11(17)15-14/h6-7H,2-5,14H2,1H3,(H,15,17). The molecular formula is C12H16BrN3O4. The molecule has 0 saturated heterocycles. The van der Waals surface area contributed by atoms with Gasteiger partial charge < -0.3 is 4.74 Å². The molecule has 0 aliphatic heterocycles. The van der Waals surface area contributed by atoms with Crippen LogP contribution in [-0.2, 0) is 4.79 Å². The molecule has 0 aromatic heterocycles. The van der Waals surface area contributed by atoms with E-state index < -0.39 is 4.92 Å². The van der Waals surface area contributed by atoms with Gasteiger partial charge in [0.25, 0.3) is 0 Å². The smallest absolute Gasteiger partial charge is 0.312 e. The lowest BCUT2D eigenvalue weighted by Gasteiger charge is -2.10. The Balaban J connectivity index is 2.59. The summed E-state index contributed by atoms with van der Waals surface area (Å²) < 4.78 is 6.11. The number of halogens is 1. The second-order valence-corrected chi connectivity index (χ2v) is 5.12. The third-order valence-corrected chi connectivity index (χ3v) is 3.08. The predicted octanol–water partition coefficient (Wildman–Crippen LogP) is 2.20. The van der Waals surface area contributed by atoms with Crippen LogP contribution < -0.4 is 16.0 Å². The summed E-state index contributed by atoms with van der Waals surface area (Å²) in [6, 6.07) is 3.16. The number of hydrazine groups is 1. The van der Waals surface area contributed by atoms with Crippen LogP contribution in [0.25, 0.3) is 0 Å². The zero-order chi connectivity index (χ0) is 15.1. The van der Waals surface area contributed by atoms with Gasteiger partial charge in [-0.25, -0.2) is 5.84 Å². The van der Waals surface area contributed by atoms with Crippen molar-refractivity contribution in [2.24, 2.45) is 5.84 Å². The van der Waals surface area contributed by atoms with Crippen LogP contribution in [0.15, 0.2) is 16.6 Å². The molecule has 0 unspecified atom stereocenters. The number of unbranched alkanes of at least 4 members (excludes halogenated alkanes) is 1. The molecule has 0 aliphatic rings. The molecule has 0 saturated carbocycles. The first-order valence-electron chi connectivity index (χ1n) is 6.02. The molecule has 1 aromatic rings. The van der Waals surface area contributed by atoms with Gasteiger partial charge in [-0.1, -0.05) is 15.9 Å². The Kier molecular flexibility index (Phi) is 6.40. The van der Waals surface area contributed by atoms with Gasteiger partial charge >= 0.3 is 5.69 Å². The number of carbonyl (C=O) groups is 1. The maximum Gasteiger partial charge on any atom is 0.312 e. The highest BCUT2D eigenvalue weighted by molar-refractivity contribution is 9.10. The van der Waals surface area contributed by atoms with Gasteiger partial charge in [0.2, 0.25) is 5.91 Å². The molecule has 0 spiro atoms. The van der Waals surface area contributed by atoms with Crippen LogP contribution in [0, 0.1) is 17.0 Å². The molecule has 8 heteroatoms. The second-order valence-electron chi connectivity index (χ2n) is 4.20. The minimum Gasteiger partial charge on any atom is -0.487 e. The van der Waals surface area contributed by atoms with Crippen molar-refractivity contribution < 1.29 is 14.5 Å². The molecule has 20 heavy (non-hydrogen) atoms. The number of nitrogens with one attached hydrogen (secondary N) is 1. The average molecular weight is 346 g/mol. The van der Waals surface area contributed by atoms with Gasteiger partial charge in [0.15, 0.2) is 5.75 Å². The van der Waals surface area contributed by atoms with Gasteiger partial charge in [-0.05, 0) is 31.4 Å². The summed E-state index contributed by atoms with van der Waals surface area (Å²) in [5.74, 6) is 4.98. The number of nitro benzene ring substituents is 1. The van der Waals surface area contributed by atoms with Crippen molar-refractivity contribution >= 4 is 27.5 Å². The number of hydrogen-bond acceptors (Lipinski definition) is 5. The number of aryl methyl sites for hydroxylation is 1. The van der Waals surface area contributed by atoms with Gasteiger partial charge in [0.05, 0.1) is 11.5 Å². The van der Waals surface area contributed by atoms with Crippen LogP contribution in [-0.4, -0.2) is 17.4 Å². The summed E-state index contributed by atoms with van der Waals surface area (Å²) in [4.78, 5) is 21.4. The zero-order valence-electron chi connectivity index (χ0n) is 11.0. The van der Waals surface area contributed by atoms with Crippen molar-refractivity contribution in [2.45, 2.75) is 26.2 Å². The van der Waals surface area contributed by atoms with Gasteiger partial charge in [-0.3, -0.25) is 20.3 Å². The van der Waals surface area contributed by atoms with Crippen LogP contribution in [0.5, 0.6) is 5.75 Å². The van der Waals surface area contributed by atoms with E-state index in [1.54, 1.807) is 13.0 Å². The lowest BCUT2D eigenvalue weighted by atomic mass is 10.2. The minimum absolute atomic E-state index is 0.0726. The molecule has 7 nitrogen and oxygen atoms in total. The van der Waals surface area contributed by atoms with E-state index in [-0.39, 0.29) is 17.3 Å². The number of ether oxygens (including phenoxy) is 1. The first-order chi connectivity index (χ1) is 9.45. The van der Waals surface area contributed by atoms with Gasteiger partial charge in [-0.15, -0.1) is 0 Å². The largest absolute Gasteiger partial charge is 0.487 e. The van der Waals surface area contributed by atoms with Crippen molar-refractivity contribution in [3.05, 3.63) is 32.3 Å². The molecule has 0 radical (unpaired) electrons. The lowest BCUT2D eigenvalue weighted by Crippen LogP contribution is -2.29. The molecule has 3 N–H and O–H groups in total. The van der Waals surface area contributed by atoms with Gasteiger partial charge in [0, 0.05) is 17.0 Å². The third-order valence-electron chi connectivity index (χ3n) is 2.62. The van der Waals surface area contributed by atoms with Crippen molar-refractivity contribution in [3.63, 3.8) is 0 Å². The minimum atomic E-state index is -0.477. The molecule has 0 heterocycles. The highest BCUT2D eigenvalue weighted by atomic mass is 79.9. The van der Waals surface area contributed by atoms with Crippen molar-refractivity contribution in [2.75, 3.05) is 6.61 Å². The second kappa shape index (κ2) is 7.81. The Bertz CT molecular complexity index is 508. The average Bonchev–Trinajstić information content (AvgIpc) is 2.39. The van der Waals surface area contributed by atoms with E-state index in [9.17, 15) is 14.9 Å². The Hall–Kier alpha value is -1.67. The molecule has 1 aromatic carbocycles. The molecule has 0 aliphatic carbocycles. The number of benzene rings is 1. The summed E-state index contributed by atoms with van der Waals surface area (Å²) in [6.45, 7) is 2.05.